The molecule has 0 radical (unpaired) electrons. The summed E-state index contributed by atoms with van der Waals surface area (Å²) in [6, 6.07) is 23.6. The van der Waals surface area contributed by atoms with Crippen LogP contribution in [-0.2, 0) is 7.05 Å². The summed E-state index contributed by atoms with van der Waals surface area (Å²) >= 11 is 3.45. The molecule has 3 aromatic carbocycles. The number of halogens is 1. The summed E-state index contributed by atoms with van der Waals surface area (Å²) in [6.07, 6.45) is 4.93. The molecule has 0 spiro atoms. The van der Waals surface area contributed by atoms with Gasteiger partial charge in [-0.25, -0.2) is 9.97 Å². The Hall–Kier alpha value is -4.76. The third kappa shape index (κ3) is 4.33. The number of rotatable bonds is 5. The first-order valence-electron chi connectivity index (χ1n) is 11.7. The van der Waals surface area contributed by atoms with E-state index < -0.39 is 5.91 Å². The Morgan fingerprint density at radius 3 is 2.50 bits per heavy atom. The van der Waals surface area contributed by atoms with Gasteiger partial charge >= 0.3 is 0 Å². The van der Waals surface area contributed by atoms with Gasteiger partial charge in [-0.2, -0.15) is 0 Å². The Balaban J connectivity index is 1.28. The fourth-order valence-electron chi connectivity index (χ4n) is 4.27. The van der Waals surface area contributed by atoms with E-state index in [-0.39, 0.29) is 11.0 Å². The van der Waals surface area contributed by atoms with Crippen LogP contribution in [0, 0.1) is 0 Å². The maximum Gasteiger partial charge on any atom is 0.261 e. The van der Waals surface area contributed by atoms with Gasteiger partial charge in [0.2, 0.25) is 5.43 Å². The normalized spacial score (nSPS) is 11.1. The van der Waals surface area contributed by atoms with Gasteiger partial charge in [-0.1, -0.05) is 28.1 Å². The molecular formula is C29H20BrN5O3. The second-order valence-electron chi connectivity index (χ2n) is 8.65. The van der Waals surface area contributed by atoms with E-state index in [0.717, 1.165) is 21.3 Å². The van der Waals surface area contributed by atoms with Gasteiger partial charge in [-0.15, -0.1) is 0 Å². The minimum atomic E-state index is -0.496. The summed E-state index contributed by atoms with van der Waals surface area (Å²) in [4.78, 5) is 35.2. The Labute approximate surface area is 225 Å². The van der Waals surface area contributed by atoms with Crippen molar-refractivity contribution in [2.75, 3.05) is 5.32 Å². The van der Waals surface area contributed by atoms with Crippen LogP contribution in [-0.4, -0.2) is 25.0 Å². The first kappa shape index (κ1) is 23.6. The van der Waals surface area contributed by atoms with E-state index in [1.807, 2.05) is 52.6 Å². The van der Waals surface area contributed by atoms with Gasteiger partial charge in [0.25, 0.3) is 5.91 Å². The van der Waals surface area contributed by atoms with Crippen molar-refractivity contribution in [3.63, 3.8) is 0 Å². The first-order chi connectivity index (χ1) is 18.5. The molecule has 0 fully saturated rings. The molecule has 0 saturated carbocycles. The molecule has 0 aliphatic rings. The van der Waals surface area contributed by atoms with E-state index in [1.54, 1.807) is 61.2 Å². The number of hydrogen-bond donors (Lipinski definition) is 1. The van der Waals surface area contributed by atoms with Gasteiger partial charge in [0, 0.05) is 46.7 Å². The van der Waals surface area contributed by atoms with Crippen molar-refractivity contribution in [3.05, 3.63) is 118 Å². The monoisotopic (exact) mass is 565 g/mol. The highest BCUT2D eigenvalue weighted by molar-refractivity contribution is 9.10. The number of anilines is 1. The lowest BCUT2D eigenvalue weighted by Gasteiger charge is -2.14. The molecule has 0 aliphatic carbocycles. The largest absolute Gasteiger partial charge is 0.455 e. The minimum Gasteiger partial charge on any atom is -0.455 e. The van der Waals surface area contributed by atoms with E-state index in [4.69, 9.17) is 4.74 Å². The number of benzene rings is 3. The highest BCUT2D eigenvalue weighted by atomic mass is 79.9. The fraction of sp³-hybridized carbons (Fsp3) is 0.0345. The lowest BCUT2D eigenvalue weighted by molar-refractivity contribution is 0.102. The van der Waals surface area contributed by atoms with Crippen LogP contribution in [0.3, 0.4) is 0 Å². The zero-order valence-corrected chi connectivity index (χ0v) is 21.7. The van der Waals surface area contributed by atoms with Crippen LogP contribution in [0.15, 0.2) is 107 Å². The molecule has 1 N–H and O–H groups in total. The van der Waals surface area contributed by atoms with E-state index in [9.17, 15) is 9.59 Å². The first-order valence-corrected chi connectivity index (χ1v) is 12.5. The predicted molar refractivity (Wildman–Crippen MR) is 150 cm³/mol. The van der Waals surface area contributed by atoms with Gasteiger partial charge < -0.3 is 19.2 Å². The molecule has 3 aromatic heterocycles. The number of pyridine rings is 2. The van der Waals surface area contributed by atoms with Crippen LogP contribution in [0.1, 0.15) is 10.4 Å². The van der Waals surface area contributed by atoms with Gasteiger partial charge in [0.1, 0.15) is 11.3 Å². The van der Waals surface area contributed by atoms with Crippen LogP contribution in [0.2, 0.25) is 0 Å². The summed E-state index contributed by atoms with van der Waals surface area (Å²) in [5, 5.41) is 3.30. The molecule has 1 amide bonds. The second kappa shape index (κ2) is 9.60. The topological polar surface area (TPSA) is 91.0 Å². The van der Waals surface area contributed by atoms with Gasteiger partial charge in [0.05, 0.1) is 11.8 Å². The van der Waals surface area contributed by atoms with E-state index in [1.165, 1.54) is 0 Å². The standard InChI is InChI=1S/C29H20BrN5O3/c1-34-17-32-26-25(14-15-31-28(26)34)38-21-12-8-19(9-13-21)33-29(37)23-16-35(20-10-6-18(30)7-11-20)24-5-3-2-4-22(24)27(23)36/h2-17H,1H3,(H,33,37). The highest BCUT2D eigenvalue weighted by Gasteiger charge is 2.17. The fourth-order valence-corrected chi connectivity index (χ4v) is 4.54. The molecular weight excluding hydrogens is 546 g/mol. The van der Waals surface area contributed by atoms with Crippen LogP contribution < -0.4 is 15.5 Å². The quantitative estimate of drug-likeness (QED) is 0.273. The molecule has 0 aliphatic heterocycles. The molecule has 0 atom stereocenters. The SMILES string of the molecule is Cn1cnc2c(Oc3ccc(NC(=O)c4cn(-c5ccc(Br)cc5)c5ccccc5c4=O)cc3)ccnc21. The number of aromatic nitrogens is 4. The molecule has 8 nitrogen and oxygen atoms in total. The van der Waals surface area contributed by atoms with Crippen LogP contribution in [0.4, 0.5) is 5.69 Å². The van der Waals surface area contributed by atoms with Crippen molar-refractivity contribution in [2.24, 2.45) is 7.05 Å². The van der Waals surface area contributed by atoms with Crippen molar-refractivity contribution in [3.8, 4) is 17.2 Å². The van der Waals surface area contributed by atoms with Crippen molar-refractivity contribution in [1.29, 1.82) is 0 Å². The third-order valence-electron chi connectivity index (χ3n) is 6.16. The van der Waals surface area contributed by atoms with Crippen LogP contribution in [0.5, 0.6) is 11.5 Å². The maximum atomic E-state index is 13.3. The predicted octanol–water partition coefficient (Wildman–Crippen LogP) is 6.08. The smallest absolute Gasteiger partial charge is 0.261 e. The summed E-state index contributed by atoms with van der Waals surface area (Å²) < 4.78 is 10.6. The molecule has 9 heteroatoms. The molecule has 6 aromatic rings. The summed E-state index contributed by atoms with van der Waals surface area (Å²) in [5.74, 6) is 0.658. The number of amides is 1. The summed E-state index contributed by atoms with van der Waals surface area (Å²) in [6.45, 7) is 0. The number of para-hydroxylation sites is 1. The van der Waals surface area contributed by atoms with E-state index >= 15 is 0 Å². The zero-order valence-electron chi connectivity index (χ0n) is 20.1. The number of ether oxygens (including phenoxy) is 1. The van der Waals surface area contributed by atoms with Crippen LogP contribution >= 0.6 is 15.9 Å². The van der Waals surface area contributed by atoms with Crippen molar-refractivity contribution in [1.82, 2.24) is 19.1 Å². The number of nitrogens with zero attached hydrogens (tertiary/aromatic N) is 4. The van der Waals surface area contributed by atoms with Crippen molar-refractivity contribution >= 4 is 49.6 Å². The molecule has 0 bridgehead atoms. The number of fused-ring (bicyclic) bond motifs is 2. The average molecular weight is 566 g/mol. The molecule has 186 valence electrons. The molecule has 0 unspecified atom stereocenters. The van der Waals surface area contributed by atoms with Gasteiger partial charge in [-0.05, 0) is 60.7 Å². The van der Waals surface area contributed by atoms with E-state index in [0.29, 0.717) is 28.1 Å². The van der Waals surface area contributed by atoms with Gasteiger partial charge in [-0.3, -0.25) is 9.59 Å². The lowest BCUT2D eigenvalue weighted by Crippen LogP contribution is -2.23. The minimum absolute atomic E-state index is 0.0428. The maximum absolute atomic E-state index is 13.3. The number of imidazole rings is 1. The Kier molecular flexibility index (Phi) is 5.97. The molecule has 38 heavy (non-hydrogen) atoms. The average Bonchev–Trinajstić information content (AvgIpc) is 3.32. The Morgan fingerprint density at radius 1 is 0.947 bits per heavy atom. The van der Waals surface area contributed by atoms with E-state index in [2.05, 4.69) is 31.2 Å². The highest BCUT2D eigenvalue weighted by Crippen LogP contribution is 2.28. The number of carbonyl (C=O) groups is 1. The molecule has 6 rings (SSSR count). The van der Waals surface area contributed by atoms with Gasteiger partial charge in [0.15, 0.2) is 16.9 Å². The Bertz CT molecular complexity index is 1880. The number of carbonyl (C=O) groups excluding carboxylic acids is 1. The third-order valence-corrected chi connectivity index (χ3v) is 6.69. The number of hydrogen-bond acceptors (Lipinski definition) is 5. The Morgan fingerprint density at radius 2 is 1.71 bits per heavy atom. The van der Waals surface area contributed by atoms with Crippen molar-refractivity contribution in [2.45, 2.75) is 0 Å². The number of aryl methyl sites for hydroxylation is 1. The van der Waals surface area contributed by atoms with Crippen LogP contribution in [0.25, 0.3) is 27.8 Å². The second-order valence-corrected chi connectivity index (χ2v) is 9.57. The lowest BCUT2D eigenvalue weighted by atomic mass is 10.1. The summed E-state index contributed by atoms with van der Waals surface area (Å²) in [5.41, 5.74) is 3.17. The molecule has 3 heterocycles. The molecule has 0 saturated heterocycles. The number of nitrogens with one attached hydrogen (secondary N) is 1. The van der Waals surface area contributed by atoms with Crippen molar-refractivity contribution < 1.29 is 9.53 Å². The zero-order chi connectivity index (χ0) is 26.2. The summed E-state index contributed by atoms with van der Waals surface area (Å²) in [7, 11) is 1.87.